The van der Waals surface area contributed by atoms with Crippen molar-refractivity contribution in [2.75, 3.05) is 12.4 Å². The summed E-state index contributed by atoms with van der Waals surface area (Å²) in [6.07, 6.45) is 0.958. The number of aromatic nitrogens is 2. The lowest BCUT2D eigenvalue weighted by Crippen LogP contribution is -2.22. The zero-order valence-electron chi connectivity index (χ0n) is 15.9. The molecule has 26 heavy (non-hydrogen) atoms. The van der Waals surface area contributed by atoms with Crippen molar-refractivity contribution in [3.05, 3.63) is 35.5 Å². The zero-order valence-corrected chi connectivity index (χ0v) is 18.3. The summed E-state index contributed by atoms with van der Waals surface area (Å²) in [7, 11) is 3.49. The van der Waals surface area contributed by atoms with E-state index in [-0.39, 0.29) is 30.1 Å². The van der Waals surface area contributed by atoms with Crippen LogP contribution in [0.15, 0.2) is 29.3 Å². The number of aryl methyl sites for hydroxylation is 2. The van der Waals surface area contributed by atoms with Gasteiger partial charge in [0.25, 0.3) is 0 Å². The summed E-state index contributed by atoms with van der Waals surface area (Å²) in [4.78, 5) is 4.41. The minimum absolute atomic E-state index is 0. The van der Waals surface area contributed by atoms with E-state index in [0.717, 1.165) is 29.1 Å². The van der Waals surface area contributed by atoms with Crippen molar-refractivity contribution in [2.24, 2.45) is 17.8 Å². The number of nitrogens with zero attached hydrogens (tertiary/aromatic N) is 3. The lowest BCUT2D eigenvalue weighted by Gasteiger charge is -2.11. The number of hydrogen-bond acceptors (Lipinski definition) is 4. The molecule has 0 atom stereocenters. The highest BCUT2D eigenvalue weighted by molar-refractivity contribution is 14.0. The molecule has 0 radical (unpaired) electrons. The molecule has 1 aromatic carbocycles. The average molecular weight is 473 g/mol. The van der Waals surface area contributed by atoms with Crippen molar-refractivity contribution in [3.8, 4) is 11.6 Å². The van der Waals surface area contributed by atoms with E-state index in [0.29, 0.717) is 18.4 Å². The topological polar surface area (TPSA) is 86.7 Å². The minimum Gasteiger partial charge on any atom is -0.491 e. The molecule has 0 aliphatic heterocycles. The third-order valence-corrected chi connectivity index (χ3v) is 3.61. The number of nitrogens with two attached hydrogens (primary N) is 1. The Hall–Kier alpha value is -1.97. The number of ether oxygens (including phenoxy) is 2. The molecular weight excluding hydrogens is 445 g/mol. The largest absolute Gasteiger partial charge is 0.491 e. The average Bonchev–Trinajstić information content (AvgIpc) is 2.89. The molecule has 0 saturated carbocycles. The van der Waals surface area contributed by atoms with E-state index in [2.05, 4.69) is 22.3 Å². The Kier molecular flexibility index (Phi) is 8.70. The monoisotopic (exact) mass is 473 g/mol. The first kappa shape index (κ1) is 22.1. The van der Waals surface area contributed by atoms with E-state index in [1.807, 2.05) is 45.2 Å². The molecule has 1 aromatic heterocycles. The Morgan fingerprint density at radius 2 is 1.96 bits per heavy atom. The first-order chi connectivity index (χ1) is 11.9. The fourth-order valence-electron chi connectivity index (χ4n) is 2.54. The second-order valence-electron chi connectivity index (χ2n) is 5.93. The molecule has 0 saturated heterocycles. The van der Waals surface area contributed by atoms with Crippen LogP contribution in [0.3, 0.4) is 0 Å². The molecule has 7 nitrogen and oxygen atoms in total. The quantitative estimate of drug-likeness (QED) is 0.366. The number of nitrogens with one attached hydrogen (secondary N) is 1. The van der Waals surface area contributed by atoms with E-state index in [1.165, 1.54) is 0 Å². The zero-order chi connectivity index (χ0) is 18.4. The first-order valence-electron chi connectivity index (χ1n) is 8.37. The van der Waals surface area contributed by atoms with Crippen LogP contribution in [0, 0.1) is 0 Å². The molecule has 8 heteroatoms. The SMILES string of the molecule is CCc1nn(C)c(OC)c1CN=C(N)Nc1ccc(OC(C)C)cc1.I. The molecule has 0 aliphatic rings. The van der Waals surface area contributed by atoms with Crippen molar-refractivity contribution in [2.45, 2.75) is 39.8 Å². The van der Waals surface area contributed by atoms with Gasteiger partial charge in [0.15, 0.2) is 5.96 Å². The van der Waals surface area contributed by atoms with Crippen molar-refractivity contribution in [1.82, 2.24) is 9.78 Å². The van der Waals surface area contributed by atoms with E-state index in [9.17, 15) is 0 Å². The summed E-state index contributed by atoms with van der Waals surface area (Å²) in [5, 5.41) is 7.52. The van der Waals surface area contributed by atoms with Crippen LogP contribution in [0.5, 0.6) is 11.6 Å². The molecule has 0 aliphatic carbocycles. The van der Waals surface area contributed by atoms with Crippen molar-refractivity contribution in [3.63, 3.8) is 0 Å². The minimum atomic E-state index is 0. The summed E-state index contributed by atoms with van der Waals surface area (Å²) >= 11 is 0. The molecule has 0 fully saturated rings. The number of hydrogen-bond donors (Lipinski definition) is 2. The highest BCUT2D eigenvalue weighted by Crippen LogP contribution is 2.23. The van der Waals surface area contributed by atoms with Gasteiger partial charge in [-0.1, -0.05) is 6.92 Å². The predicted molar refractivity (Wildman–Crippen MR) is 116 cm³/mol. The van der Waals surface area contributed by atoms with Gasteiger partial charge in [-0.05, 0) is 44.5 Å². The number of halogens is 1. The van der Waals surface area contributed by atoms with Gasteiger partial charge in [-0.25, -0.2) is 9.67 Å². The van der Waals surface area contributed by atoms with Crippen LogP contribution in [0.2, 0.25) is 0 Å². The number of methoxy groups -OCH3 is 1. The molecule has 2 rings (SSSR count). The van der Waals surface area contributed by atoms with E-state index >= 15 is 0 Å². The van der Waals surface area contributed by atoms with Crippen LogP contribution in [-0.4, -0.2) is 29.0 Å². The fraction of sp³-hybridized carbons (Fsp3) is 0.444. The Morgan fingerprint density at radius 3 is 2.50 bits per heavy atom. The molecule has 1 heterocycles. The van der Waals surface area contributed by atoms with Gasteiger partial charge in [-0.2, -0.15) is 5.10 Å². The fourth-order valence-corrected chi connectivity index (χ4v) is 2.54. The maximum Gasteiger partial charge on any atom is 0.216 e. The molecule has 144 valence electrons. The summed E-state index contributed by atoms with van der Waals surface area (Å²) < 4.78 is 12.8. The highest BCUT2D eigenvalue weighted by atomic mass is 127. The molecule has 2 aromatic rings. The second-order valence-corrected chi connectivity index (χ2v) is 5.93. The lowest BCUT2D eigenvalue weighted by molar-refractivity contribution is 0.242. The molecule has 0 amide bonds. The van der Waals surface area contributed by atoms with Crippen LogP contribution >= 0.6 is 24.0 Å². The van der Waals surface area contributed by atoms with Crippen molar-refractivity contribution < 1.29 is 9.47 Å². The number of rotatable bonds is 7. The van der Waals surface area contributed by atoms with E-state index in [1.54, 1.807) is 11.8 Å². The summed E-state index contributed by atoms with van der Waals surface area (Å²) in [6.45, 7) is 6.45. The van der Waals surface area contributed by atoms with Gasteiger partial charge in [0.2, 0.25) is 5.88 Å². The summed E-state index contributed by atoms with van der Waals surface area (Å²) in [5.41, 5.74) is 8.78. The summed E-state index contributed by atoms with van der Waals surface area (Å²) in [6, 6.07) is 7.61. The van der Waals surface area contributed by atoms with Gasteiger partial charge in [0, 0.05) is 12.7 Å². The Balaban J connectivity index is 0.00000338. The first-order valence-corrected chi connectivity index (χ1v) is 8.37. The normalized spacial score (nSPS) is 11.2. The third kappa shape index (κ3) is 5.79. The van der Waals surface area contributed by atoms with Gasteiger partial charge in [0.1, 0.15) is 5.75 Å². The maximum absolute atomic E-state index is 6.00. The smallest absolute Gasteiger partial charge is 0.216 e. The standard InChI is InChI=1S/C18H27N5O2.HI/c1-6-16-15(17(24-5)23(4)22-16)11-20-18(19)21-13-7-9-14(10-8-13)25-12(2)3;/h7-10,12H,6,11H2,1-5H3,(H3,19,20,21);1H. The predicted octanol–water partition coefficient (Wildman–Crippen LogP) is 3.32. The number of anilines is 1. The lowest BCUT2D eigenvalue weighted by atomic mass is 10.2. The van der Waals surface area contributed by atoms with Crippen LogP contribution in [0.4, 0.5) is 5.69 Å². The summed E-state index contributed by atoms with van der Waals surface area (Å²) in [5.74, 6) is 1.87. The van der Waals surface area contributed by atoms with Crippen molar-refractivity contribution in [1.29, 1.82) is 0 Å². The number of benzene rings is 1. The van der Waals surface area contributed by atoms with Crippen LogP contribution in [0.25, 0.3) is 0 Å². The molecule has 3 N–H and O–H groups in total. The number of guanidine groups is 1. The Labute approximate surface area is 172 Å². The van der Waals surface area contributed by atoms with Gasteiger partial charge in [-0.3, -0.25) is 0 Å². The van der Waals surface area contributed by atoms with E-state index < -0.39 is 0 Å². The Bertz CT molecular complexity index is 726. The van der Waals surface area contributed by atoms with E-state index in [4.69, 9.17) is 15.2 Å². The van der Waals surface area contributed by atoms with Gasteiger partial charge >= 0.3 is 0 Å². The van der Waals surface area contributed by atoms with Crippen LogP contribution in [0.1, 0.15) is 32.0 Å². The second kappa shape index (κ2) is 10.2. The molecule has 0 bridgehead atoms. The third-order valence-electron chi connectivity index (χ3n) is 3.61. The van der Waals surface area contributed by atoms with Crippen LogP contribution < -0.4 is 20.5 Å². The highest BCUT2D eigenvalue weighted by Gasteiger charge is 2.15. The van der Waals surface area contributed by atoms with Crippen LogP contribution in [-0.2, 0) is 20.0 Å². The molecular formula is C18H28IN5O2. The van der Waals surface area contributed by atoms with Gasteiger partial charge in [0.05, 0.1) is 31.0 Å². The Morgan fingerprint density at radius 1 is 1.31 bits per heavy atom. The maximum atomic E-state index is 6.00. The van der Waals surface area contributed by atoms with Crippen molar-refractivity contribution >= 4 is 35.6 Å². The van der Waals surface area contributed by atoms with Gasteiger partial charge in [-0.15, -0.1) is 24.0 Å². The number of aliphatic imine (C=N–C) groups is 1. The molecule has 0 spiro atoms. The molecule has 0 unspecified atom stereocenters. The van der Waals surface area contributed by atoms with Gasteiger partial charge < -0.3 is 20.5 Å².